The second kappa shape index (κ2) is 11.4. The molecule has 6 nitrogen and oxygen atoms in total. The Labute approximate surface area is 235 Å². The average Bonchev–Trinajstić information content (AvgIpc) is 2.66. The molecular formula is C25H34KN5O-2. The molecule has 0 aliphatic carbocycles. The first kappa shape index (κ1) is 28.9. The zero-order chi connectivity index (χ0) is 22.1. The topological polar surface area (TPSA) is 83.6 Å². The van der Waals surface area contributed by atoms with Gasteiger partial charge in [0.15, 0.2) is 0 Å². The van der Waals surface area contributed by atoms with Crippen LogP contribution in [0.15, 0.2) is 30.6 Å². The number of phenols is 1. The number of aromatic nitrogens is 2. The van der Waals surface area contributed by atoms with Crippen LogP contribution in [-0.4, -0.2) is 45.5 Å². The van der Waals surface area contributed by atoms with E-state index in [-0.39, 0.29) is 75.6 Å². The molecule has 0 amide bonds. The first-order chi connectivity index (χ1) is 14.0. The van der Waals surface area contributed by atoms with Crippen molar-refractivity contribution in [1.29, 1.82) is 0 Å². The SMILES string of the molecule is C[C-]=C(C=[N-])c1ccc(-c2cnc(N(C)C3CC(C)(C)NC(C)(C)C3)cn2)c(O)c1.[CH3-].[K+]. The van der Waals surface area contributed by atoms with Crippen LogP contribution in [-0.2, 0) is 0 Å². The molecule has 0 bridgehead atoms. The third-order valence-corrected chi connectivity index (χ3v) is 5.70. The molecule has 3 rings (SSSR count). The minimum atomic E-state index is 0. The maximum atomic E-state index is 10.5. The van der Waals surface area contributed by atoms with Crippen LogP contribution in [0.1, 0.15) is 53.0 Å². The minimum absolute atomic E-state index is 0. The van der Waals surface area contributed by atoms with Gasteiger partial charge in [0.05, 0.1) is 18.1 Å². The van der Waals surface area contributed by atoms with Crippen LogP contribution in [0.4, 0.5) is 5.82 Å². The Hall–Kier alpha value is -1.09. The van der Waals surface area contributed by atoms with Gasteiger partial charge in [0.2, 0.25) is 0 Å². The van der Waals surface area contributed by atoms with Crippen LogP contribution in [0.5, 0.6) is 5.75 Å². The van der Waals surface area contributed by atoms with Crippen molar-refractivity contribution in [2.75, 3.05) is 11.9 Å². The summed E-state index contributed by atoms with van der Waals surface area (Å²) in [5, 5.41) is 23.4. The number of phenolic OH excluding ortho intramolecular Hbond substituents is 1. The Morgan fingerprint density at radius 3 is 2.28 bits per heavy atom. The van der Waals surface area contributed by atoms with Gasteiger partial charge in [-0.05, 0) is 40.5 Å². The molecule has 2 aromatic rings. The van der Waals surface area contributed by atoms with E-state index >= 15 is 0 Å². The van der Waals surface area contributed by atoms with Gasteiger partial charge in [-0.2, -0.15) is 0 Å². The van der Waals surface area contributed by atoms with Gasteiger partial charge >= 0.3 is 51.4 Å². The summed E-state index contributed by atoms with van der Waals surface area (Å²) in [5.41, 5.74) is 2.50. The van der Waals surface area contributed by atoms with Gasteiger partial charge < -0.3 is 34.4 Å². The monoisotopic (exact) mass is 459 g/mol. The van der Waals surface area contributed by atoms with E-state index in [9.17, 15) is 10.5 Å². The smallest absolute Gasteiger partial charge is 0.879 e. The first-order valence-corrected chi connectivity index (χ1v) is 10.3. The molecule has 1 aliphatic rings. The van der Waals surface area contributed by atoms with E-state index in [0.29, 0.717) is 28.4 Å². The molecule has 2 N–H and O–H groups in total. The fourth-order valence-corrected chi connectivity index (χ4v) is 4.57. The van der Waals surface area contributed by atoms with Crippen molar-refractivity contribution in [2.45, 2.75) is 64.6 Å². The fourth-order valence-electron chi connectivity index (χ4n) is 4.57. The Bertz CT molecular complexity index is 937. The number of allylic oxidation sites excluding steroid dienone is 2. The Kier molecular flexibility index (Phi) is 10.3. The summed E-state index contributed by atoms with van der Waals surface area (Å²) >= 11 is 0. The quantitative estimate of drug-likeness (QED) is 0.405. The second-order valence-corrected chi connectivity index (χ2v) is 9.35. The van der Waals surface area contributed by atoms with E-state index in [2.05, 4.69) is 61.0 Å². The standard InChI is InChI=1S/C24H31N5O.CH3.K/c1-7-16(13-25)17-8-9-19(21(30)10-17)20-14-27-22(15-26-20)29(6)18-11-23(2,3)28-24(4,5)12-18;;/h8-10,13-15,18,28,30H,11-12H2,1-6H3;1H3;/q-2;-1;+1. The molecule has 1 fully saturated rings. The van der Waals surface area contributed by atoms with Crippen LogP contribution in [0, 0.1) is 13.5 Å². The molecule has 0 unspecified atom stereocenters. The zero-order valence-electron chi connectivity index (χ0n) is 20.7. The third-order valence-electron chi connectivity index (χ3n) is 5.70. The van der Waals surface area contributed by atoms with E-state index in [1.807, 2.05) is 6.07 Å². The molecule has 0 radical (unpaired) electrons. The fraction of sp³-hybridized carbons (Fsp3) is 0.440. The summed E-state index contributed by atoms with van der Waals surface area (Å²) < 4.78 is 0. The van der Waals surface area contributed by atoms with Crippen molar-refractivity contribution in [1.82, 2.24) is 15.3 Å². The van der Waals surface area contributed by atoms with Crippen molar-refractivity contribution < 1.29 is 56.5 Å². The van der Waals surface area contributed by atoms with E-state index in [1.54, 1.807) is 31.5 Å². The summed E-state index contributed by atoms with van der Waals surface area (Å²) in [5.74, 6) is 0.897. The predicted octanol–water partition coefficient (Wildman–Crippen LogP) is 1.90. The number of piperidine rings is 1. The first-order valence-electron chi connectivity index (χ1n) is 10.3. The van der Waals surface area contributed by atoms with Gasteiger partial charge in [-0.1, -0.05) is 19.1 Å². The maximum Gasteiger partial charge on any atom is 1.00 e. The van der Waals surface area contributed by atoms with E-state index in [1.165, 1.54) is 0 Å². The minimum Gasteiger partial charge on any atom is -0.879 e. The Morgan fingerprint density at radius 2 is 1.81 bits per heavy atom. The molecule has 1 saturated heterocycles. The summed E-state index contributed by atoms with van der Waals surface area (Å²) in [6.07, 6.45) is 9.35. The molecule has 168 valence electrons. The van der Waals surface area contributed by atoms with Crippen molar-refractivity contribution in [2.24, 2.45) is 0 Å². The molecule has 1 aromatic carbocycles. The van der Waals surface area contributed by atoms with Crippen molar-refractivity contribution in [3.63, 3.8) is 0 Å². The largest absolute Gasteiger partial charge is 1.00 e. The number of nitrogens with one attached hydrogen (secondary N) is 1. The number of hydrogen-bond donors (Lipinski definition) is 2. The average molecular weight is 460 g/mol. The van der Waals surface area contributed by atoms with Gasteiger partial charge in [-0.3, -0.25) is 4.98 Å². The molecule has 0 saturated carbocycles. The van der Waals surface area contributed by atoms with Crippen LogP contribution < -0.4 is 61.6 Å². The van der Waals surface area contributed by atoms with Gasteiger partial charge in [0, 0.05) is 29.7 Å². The van der Waals surface area contributed by atoms with E-state index in [4.69, 9.17) is 0 Å². The molecule has 32 heavy (non-hydrogen) atoms. The molecule has 7 heteroatoms. The number of aromatic hydroxyl groups is 1. The Morgan fingerprint density at radius 1 is 1.19 bits per heavy atom. The Balaban J connectivity index is 0.00000256. The molecule has 1 aromatic heterocycles. The summed E-state index contributed by atoms with van der Waals surface area (Å²) in [4.78, 5) is 11.4. The molecule has 0 atom stereocenters. The summed E-state index contributed by atoms with van der Waals surface area (Å²) in [6.45, 7) is 10.7. The predicted molar refractivity (Wildman–Crippen MR) is 130 cm³/mol. The maximum absolute atomic E-state index is 10.5. The van der Waals surface area contributed by atoms with Crippen molar-refractivity contribution >= 4 is 17.6 Å². The zero-order valence-corrected chi connectivity index (χ0v) is 23.8. The van der Waals surface area contributed by atoms with Crippen LogP contribution in [0.3, 0.4) is 0 Å². The van der Waals surface area contributed by atoms with Crippen molar-refractivity contribution in [3.05, 3.63) is 55.1 Å². The normalized spacial score (nSPS) is 17.6. The molecule has 1 aliphatic heterocycles. The number of rotatable bonds is 5. The number of hydrogen-bond acceptors (Lipinski definition) is 5. The van der Waals surface area contributed by atoms with Crippen molar-refractivity contribution in [3.8, 4) is 17.0 Å². The number of anilines is 1. The third kappa shape index (κ3) is 6.71. The molecular weight excluding hydrogens is 425 g/mol. The van der Waals surface area contributed by atoms with Gasteiger partial charge in [-0.25, -0.2) is 16.6 Å². The van der Waals surface area contributed by atoms with E-state index in [0.717, 1.165) is 24.9 Å². The second-order valence-electron chi connectivity index (χ2n) is 9.35. The van der Waals surface area contributed by atoms with Crippen LogP contribution in [0.2, 0.25) is 0 Å². The van der Waals surface area contributed by atoms with Gasteiger partial charge in [0.25, 0.3) is 0 Å². The summed E-state index contributed by atoms with van der Waals surface area (Å²) in [7, 11) is 2.07. The van der Waals surface area contributed by atoms with Crippen LogP contribution >= 0.6 is 0 Å². The van der Waals surface area contributed by atoms with E-state index < -0.39 is 0 Å². The summed E-state index contributed by atoms with van der Waals surface area (Å²) in [6, 6.07) is 5.54. The molecule has 0 spiro atoms. The number of benzene rings is 1. The van der Waals surface area contributed by atoms with Crippen LogP contribution in [0.25, 0.3) is 22.2 Å². The van der Waals surface area contributed by atoms with Gasteiger partial charge in [-0.15, -0.1) is 11.6 Å². The van der Waals surface area contributed by atoms with Gasteiger partial charge in [0.1, 0.15) is 11.6 Å². The number of nitrogens with zero attached hydrogens (tertiary/aromatic N) is 4. The molecule has 2 heterocycles.